The van der Waals surface area contributed by atoms with E-state index in [9.17, 15) is 19.2 Å². The van der Waals surface area contributed by atoms with E-state index in [2.05, 4.69) is 0 Å². The summed E-state index contributed by atoms with van der Waals surface area (Å²) in [7, 11) is 0. The number of fused-ring (bicyclic) bond motifs is 3. The Kier molecular flexibility index (Phi) is 9.20. The van der Waals surface area contributed by atoms with Crippen molar-refractivity contribution in [2.75, 3.05) is 13.2 Å². The summed E-state index contributed by atoms with van der Waals surface area (Å²) in [5.74, 6) is -0.458. The second kappa shape index (κ2) is 12.0. The van der Waals surface area contributed by atoms with Gasteiger partial charge in [0.05, 0.1) is 0 Å². The zero-order valence-electron chi connectivity index (χ0n) is 24.2. The summed E-state index contributed by atoms with van der Waals surface area (Å²) in [6.45, 7) is 14.1. The Balaban J connectivity index is 1.69. The predicted octanol–water partition coefficient (Wildman–Crippen LogP) is 6.15. The summed E-state index contributed by atoms with van der Waals surface area (Å²) < 4.78 is 16.6. The molecule has 2 aromatic rings. The molecule has 0 spiro atoms. The Bertz CT molecular complexity index is 1270. The normalized spacial score (nSPS) is 13.1. The second-order valence-electron chi connectivity index (χ2n) is 11.3. The fourth-order valence-corrected chi connectivity index (χ4v) is 4.25. The van der Waals surface area contributed by atoms with Crippen LogP contribution in [-0.2, 0) is 20.9 Å². The zero-order chi connectivity index (χ0) is 29.1. The zero-order valence-corrected chi connectivity index (χ0v) is 24.2. The molecule has 8 nitrogen and oxygen atoms in total. The molecule has 2 aromatic carbocycles. The van der Waals surface area contributed by atoms with Crippen LogP contribution >= 0.6 is 0 Å². The van der Waals surface area contributed by atoms with Crippen molar-refractivity contribution in [1.29, 1.82) is 0 Å². The summed E-state index contributed by atoms with van der Waals surface area (Å²) >= 11 is 0. The first-order valence-corrected chi connectivity index (χ1v) is 13.3. The van der Waals surface area contributed by atoms with Gasteiger partial charge in [-0.1, -0.05) is 32.9 Å². The van der Waals surface area contributed by atoms with Crippen LogP contribution < -0.4 is 4.74 Å². The van der Waals surface area contributed by atoms with E-state index >= 15 is 0 Å². The standard InChI is InChI=1S/C31H39NO7/c1-9-20(5)32(30(36)39-31(6,7)8)15-28(34)38-17-26(33)21-10-11-23-22(13-21)16-37-27-14-24(29(35)18(2)3)19(4)12-25(23)27/h10-14,18,20H,9,15-17H2,1-8H3/t20-/m0/s1. The first kappa shape index (κ1) is 29.9. The minimum Gasteiger partial charge on any atom is -0.488 e. The maximum absolute atomic E-state index is 12.9. The molecule has 8 heteroatoms. The highest BCUT2D eigenvalue weighted by atomic mass is 16.6. The molecule has 0 saturated heterocycles. The van der Waals surface area contributed by atoms with Crippen LogP contribution in [0.15, 0.2) is 30.3 Å². The Morgan fingerprint density at radius 1 is 1.03 bits per heavy atom. The lowest BCUT2D eigenvalue weighted by Gasteiger charge is -2.30. The minimum absolute atomic E-state index is 0.0681. The minimum atomic E-state index is -0.703. The molecule has 3 rings (SSSR count). The molecule has 0 N–H and O–H groups in total. The van der Waals surface area contributed by atoms with Gasteiger partial charge in [0, 0.05) is 28.7 Å². The quantitative estimate of drug-likeness (QED) is 0.279. The third kappa shape index (κ3) is 7.25. The van der Waals surface area contributed by atoms with Gasteiger partial charge in [0.2, 0.25) is 0 Å². The van der Waals surface area contributed by atoms with E-state index in [1.54, 1.807) is 39.0 Å². The van der Waals surface area contributed by atoms with Gasteiger partial charge in [-0.3, -0.25) is 19.3 Å². The number of Topliss-reactive ketones (excluding diaryl/α,β-unsaturated/α-hetero) is 2. The number of aryl methyl sites for hydroxylation is 1. The van der Waals surface area contributed by atoms with E-state index in [0.29, 0.717) is 23.3 Å². The first-order chi connectivity index (χ1) is 18.2. The fourth-order valence-electron chi connectivity index (χ4n) is 4.25. The highest BCUT2D eigenvalue weighted by Gasteiger charge is 2.28. The molecule has 0 aliphatic carbocycles. The monoisotopic (exact) mass is 537 g/mol. The van der Waals surface area contributed by atoms with Crippen molar-refractivity contribution in [3.63, 3.8) is 0 Å². The maximum atomic E-state index is 12.9. The van der Waals surface area contributed by atoms with Crippen LogP contribution in [0.2, 0.25) is 0 Å². The number of nitrogens with zero attached hydrogens (tertiary/aromatic N) is 1. The van der Waals surface area contributed by atoms with Crippen molar-refractivity contribution in [2.24, 2.45) is 5.92 Å². The van der Waals surface area contributed by atoms with Crippen LogP contribution in [-0.4, -0.2) is 53.3 Å². The van der Waals surface area contributed by atoms with E-state index in [1.807, 2.05) is 46.8 Å². The number of rotatable bonds is 9. The first-order valence-electron chi connectivity index (χ1n) is 13.3. The highest BCUT2D eigenvalue weighted by molar-refractivity contribution is 6.01. The van der Waals surface area contributed by atoms with Crippen LogP contribution in [0, 0.1) is 12.8 Å². The number of ketones is 2. The van der Waals surface area contributed by atoms with Crippen molar-refractivity contribution in [3.05, 3.63) is 52.6 Å². The van der Waals surface area contributed by atoms with Crippen LogP contribution in [0.25, 0.3) is 11.1 Å². The van der Waals surface area contributed by atoms with Crippen LogP contribution in [0.5, 0.6) is 5.75 Å². The van der Waals surface area contributed by atoms with Gasteiger partial charge in [0.25, 0.3) is 0 Å². The Hall–Kier alpha value is -3.68. The lowest BCUT2D eigenvalue weighted by molar-refractivity contribution is -0.144. The van der Waals surface area contributed by atoms with Crippen molar-refractivity contribution in [1.82, 2.24) is 4.90 Å². The number of carbonyl (C=O) groups is 4. The summed E-state index contributed by atoms with van der Waals surface area (Å²) in [5, 5.41) is 0. The average molecular weight is 538 g/mol. The Labute approximate surface area is 230 Å². The smallest absolute Gasteiger partial charge is 0.411 e. The van der Waals surface area contributed by atoms with Crippen molar-refractivity contribution < 1.29 is 33.4 Å². The van der Waals surface area contributed by atoms with Gasteiger partial charge in [0.1, 0.15) is 24.5 Å². The van der Waals surface area contributed by atoms with Crippen LogP contribution in [0.3, 0.4) is 0 Å². The average Bonchev–Trinajstić information content (AvgIpc) is 2.87. The van der Waals surface area contributed by atoms with Gasteiger partial charge in [-0.25, -0.2) is 4.79 Å². The van der Waals surface area contributed by atoms with Gasteiger partial charge in [-0.15, -0.1) is 0 Å². The molecule has 0 saturated carbocycles. The van der Waals surface area contributed by atoms with Crippen molar-refractivity contribution in [3.8, 4) is 16.9 Å². The van der Waals surface area contributed by atoms with Crippen LogP contribution in [0.4, 0.5) is 4.79 Å². The highest BCUT2D eigenvalue weighted by Crippen LogP contribution is 2.40. The molecule has 210 valence electrons. The molecule has 39 heavy (non-hydrogen) atoms. The molecule has 1 aliphatic rings. The van der Waals surface area contributed by atoms with Gasteiger partial charge >= 0.3 is 12.1 Å². The number of hydrogen-bond acceptors (Lipinski definition) is 7. The summed E-state index contributed by atoms with van der Waals surface area (Å²) in [6, 6.07) is 8.79. The number of carbonyl (C=O) groups excluding carboxylic acids is 4. The number of hydrogen-bond donors (Lipinski definition) is 0. The lowest BCUT2D eigenvalue weighted by Crippen LogP contribution is -2.45. The molecule has 0 radical (unpaired) electrons. The molecule has 1 amide bonds. The van der Waals surface area contributed by atoms with Gasteiger partial charge < -0.3 is 14.2 Å². The number of amides is 1. The summed E-state index contributed by atoms with van der Waals surface area (Å²) in [5.41, 5.74) is 3.84. The van der Waals surface area contributed by atoms with Gasteiger partial charge in [-0.05, 0) is 75.9 Å². The number of benzene rings is 2. The molecule has 1 aliphatic heterocycles. The van der Waals surface area contributed by atoms with Crippen molar-refractivity contribution >= 4 is 23.6 Å². The van der Waals surface area contributed by atoms with E-state index in [-0.39, 0.29) is 36.7 Å². The third-order valence-electron chi connectivity index (χ3n) is 6.63. The molecular weight excluding hydrogens is 498 g/mol. The fraction of sp³-hybridized carbons (Fsp3) is 0.484. The van der Waals surface area contributed by atoms with E-state index in [4.69, 9.17) is 14.2 Å². The molecular formula is C31H39NO7. The lowest BCUT2D eigenvalue weighted by atomic mass is 9.89. The summed E-state index contributed by atoms with van der Waals surface area (Å²) in [6.07, 6.45) is 0.0201. The number of ether oxygens (including phenoxy) is 3. The van der Waals surface area contributed by atoms with Gasteiger partial charge in [-0.2, -0.15) is 0 Å². The Morgan fingerprint density at radius 2 is 1.72 bits per heavy atom. The SMILES string of the molecule is CC[C@H](C)N(CC(=O)OCC(=O)c1ccc2c(c1)COc1cc(C(=O)C(C)C)c(C)cc1-2)C(=O)OC(C)(C)C. The van der Waals surface area contributed by atoms with Crippen molar-refractivity contribution in [2.45, 2.75) is 80.1 Å². The molecule has 1 atom stereocenters. The van der Waals surface area contributed by atoms with E-state index < -0.39 is 24.3 Å². The van der Waals surface area contributed by atoms with Gasteiger partial charge in [0.15, 0.2) is 18.2 Å². The second-order valence-corrected chi connectivity index (χ2v) is 11.3. The molecule has 0 unspecified atom stereocenters. The Morgan fingerprint density at radius 3 is 2.33 bits per heavy atom. The van der Waals surface area contributed by atoms with E-state index in [0.717, 1.165) is 22.3 Å². The molecule has 1 heterocycles. The summed E-state index contributed by atoms with van der Waals surface area (Å²) in [4.78, 5) is 51.8. The van der Waals surface area contributed by atoms with Crippen LogP contribution in [0.1, 0.15) is 86.7 Å². The molecule has 0 fully saturated rings. The third-order valence-corrected chi connectivity index (χ3v) is 6.63. The molecule has 0 aromatic heterocycles. The topological polar surface area (TPSA) is 99.2 Å². The largest absolute Gasteiger partial charge is 0.488 e. The van der Waals surface area contributed by atoms with E-state index in [1.165, 1.54) is 4.90 Å². The molecule has 0 bridgehead atoms. The number of esters is 1. The maximum Gasteiger partial charge on any atom is 0.411 e. The predicted molar refractivity (Wildman–Crippen MR) is 148 cm³/mol.